The normalized spacial score (nSPS) is 14.9. The van der Waals surface area contributed by atoms with E-state index in [1.165, 1.54) is 25.0 Å². The van der Waals surface area contributed by atoms with Crippen LogP contribution >= 0.6 is 0 Å². The molecule has 0 fully saturated rings. The fourth-order valence-electron chi connectivity index (χ4n) is 3.59. The second-order valence-electron chi connectivity index (χ2n) is 9.01. The molecule has 0 saturated carbocycles. The van der Waals surface area contributed by atoms with E-state index < -0.39 is 53.8 Å². The molecule has 10 N–H and O–H groups in total. The first-order valence-electron chi connectivity index (χ1n) is 12.1. The fraction of sp³-hybridized carbons (Fsp3) is 0.522. The van der Waals surface area contributed by atoms with Gasteiger partial charge in [-0.2, -0.15) is 0 Å². The first kappa shape index (κ1) is 30.0. The Bertz CT molecular complexity index is 1070. The zero-order valence-electron chi connectivity index (χ0n) is 21.3. The SMILES string of the molecule is CCC(C)C(NC(=O)C(Cc1cnc[nH]1)NC(=O)C(CCC(N)=O)NC(=O)C(N)Cc1cnc[nH]1)C(=O)O. The Hall–Kier alpha value is -4.27. The van der Waals surface area contributed by atoms with Crippen molar-refractivity contribution in [2.24, 2.45) is 17.4 Å². The molecule has 0 aliphatic rings. The number of rotatable bonds is 16. The lowest BCUT2D eigenvalue weighted by Crippen LogP contribution is -2.58. The number of hydrogen-bond donors (Lipinski definition) is 8. The molecule has 2 heterocycles. The number of nitrogens with two attached hydrogens (primary N) is 2. The van der Waals surface area contributed by atoms with Gasteiger partial charge in [0, 0.05) is 43.0 Å². The predicted octanol–water partition coefficient (Wildman–Crippen LogP) is -1.90. The van der Waals surface area contributed by atoms with Gasteiger partial charge in [-0.15, -0.1) is 0 Å². The molecule has 15 nitrogen and oxygen atoms in total. The van der Waals surface area contributed by atoms with Crippen molar-refractivity contribution < 1.29 is 29.1 Å². The maximum Gasteiger partial charge on any atom is 0.326 e. The molecule has 2 aromatic rings. The van der Waals surface area contributed by atoms with Gasteiger partial charge in [0.2, 0.25) is 23.6 Å². The molecule has 0 aliphatic carbocycles. The standard InChI is InChI=1S/C23H35N9O6/c1-3-12(2)19(23(37)38)32-22(36)17(7-14-9-27-11-29-14)31-21(35)16(4-5-18(25)33)30-20(34)15(24)6-13-8-26-10-28-13/h8-12,15-17,19H,3-7,24H2,1-2H3,(H2,25,33)(H,26,28)(H,27,29)(H,30,34)(H,31,35)(H,32,36)(H,37,38). The highest BCUT2D eigenvalue weighted by atomic mass is 16.4. The van der Waals surface area contributed by atoms with E-state index in [2.05, 4.69) is 35.9 Å². The third-order valence-electron chi connectivity index (χ3n) is 6.03. The minimum atomic E-state index is -1.25. The maximum absolute atomic E-state index is 13.2. The number of aromatic amines is 2. The van der Waals surface area contributed by atoms with E-state index in [0.717, 1.165) is 0 Å². The fourth-order valence-corrected chi connectivity index (χ4v) is 3.59. The first-order valence-corrected chi connectivity index (χ1v) is 12.1. The summed E-state index contributed by atoms with van der Waals surface area (Å²) in [5.74, 6) is -4.46. The highest BCUT2D eigenvalue weighted by Gasteiger charge is 2.32. The molecule has 38 heavy (non-hydrogen) atoms. The van der Waals surface area contributed by atoms with Crippen LogP contribution in [0.25, 0.3) is 0 Å². The Morgan fingerprint density at radius 1 is 0.921 bits per heavy atom. The highest BCUT2D eigenvalue weighted by Crippen LogP contribution is 2.10. The number of aromatic nitrogens is 4. The minimum absolute atomic E-state index is 0.0414. The van der Waals surface area contributed by atoms with Crippen molar-refractivity contribution in [3.05, 3.63) is 36.4 Å². The topological polar surface area (TPSA) is 251 Å². The maximum atomic E-state index is 13.2. The van der Waals surface area contributed by atoms with Crippen molar-refractivity contribution in [2.75, 3.05) is 0 Å². The molecule has 0 spiro atoms. The smallest absolute Gasteiger partial charge is 0.326 e. The van der Waals surface area contributed by atoms with Gasteiger partial charge < -0.3 is 42.5 Å². The van der Waals surface area contributed by atoms with Gasteiger partial charge in [0.05, 0.1) is 18.7 Å². The minimum Gasteiger partial charge on any atom is -0.480 e. The molecule has 2 rings (SSSR count). The van der Waals surface area contributed by atoms with Gasteiger partial charge in [0.15, 0.2) is 0 Å². The van der Waals surface area contributed by atoms with Crippen molar-refractivity contribution in [1.29, 1.82) is 0 Å². The highest BCUT2D eigenvalue weighted by molar-refractivity contribution is 5.94. The summed E-state index contributed by atoms with van der Waals surface area (Å²) in [4.78, 5) is 75.6. The van der Waals surface area contributed by atoms with E-state index in [4.69, 9.17) is 11.5 Å². The summed E-state index contributed by atoms with van der Waals surface area (Å²) in [6.07, 6.45) is 5.99. The summed E-state index contributed by atoms with van der Waals surface area (Å²) in [5.41, 5.74) is 12.3. The number of carboxylic acids is 1. The molecule has 5 unspecified atom stereocenters. The quantitative estimate of drug-likeness (QED) is 0.120. The zero-order valence-corrected chi connectivity index (χ0v) is 21.3. The van der Waals surface area contributed by atoms with Gasteiger partial charge in [-0.05, 0) is 12.3 Å². The molecule has 0 bridgehead atoms. The molecule has 2 aromatic heterocycles. The van der Waals surface area contributed by atoms with Crippen molar-refractivity contribution in [1.82, 2.24) is 35.9 Å². The van der Waals surface area contributed by atoms with Crippen LogP contribution in [-0.4, -0.2) is 78.8 Å². The van der Waals surface area contributed by atoms with Gasteiger partial charge in [-0.25, -0.2) is 14.8 Å². The number of primary amides is 1. The molecular formula is C23H35N9O6. The Kier molecular flexibility index (Phi) is 11.4. The number of aliphatic carboxylic acids is 1. The number of carboxylic acid groups (broad SMARTS) is 1. The molecule has 5 atom stereocenters. The largest absolute Gasteiger partial charge is 0.480 e. The van der Waals surface area contributed by atoms with Crippen molar-refractivity contribution in [2.45, 2.75) is 70.1 Å². The Balaban J connectivity index is 2.19. The monoisotopic (exact) mass is 533 g/mol. The van der Waals surface area contributed by atoms with Crippen LogP contribution in [0.15, 0.2) is 25.0 Å². The number of carbonyl (C=O) groups excluding carboxylic acids is 4. The van der Waals surface area contributed by atoms with Gasteiger partial charge in [0.1, 0.15) is 18.1 Å². The Morgan fingerprint density at radius 2 is 1.47 bits per heavy atom. The first-order chi connectivity index (χ1) is 18.0. The van der Waals surface area contributed by atoms with Crippen LogP contribution in [-0.2, 0) is 36.8 Å². The predicted molar refractivity (Wildman–Crippen MR) is 134 cm³/mol. The van der Waals surface area contributed by atoms with Crippen LogP contribution in [0.4, 0.5) is 0 Å². The summed E-state index contributed by atoms with van der Waals surface area (Å²) in [5, 5.41) is 17.1. The van der Waals surface area contributed by atoms with Crippen LogP contribution in [0.1, 0.15) is 44.5 Å². The molecular weight excluding hydrogens is 498 g/mol. The van der Waals surface area contributed by atoms with Crippen LogP contribution in [0, 0.1) is 5.92 Å². The van der Waals surface area contributed by atoms with Gasteiger partial charge in [-0.3, -0.25) is 19.2 Å². The number of hydrogen-bond acceptors (Lipinski definition) is 8. The molecule has 0 aromatic carbocycles. The lowest BCUT2D eigenvalue weighted by molar-refractivity contribution is -0.143. The number of amides is 4. The van der Waals surface area contributed by atoms with E-state index in [1.54, 1.807) is 13.8 Å². The number of imidazole rings is 2. The van der Waals surface area contributed by atoms with E-state index in [0.29, 0.717) is 17.8 Å². The van der Waals surface area contributed by atoms with E-state index in [9.17, 15) is 29.1 Å². The summed E-state index contributed by atoms with van der Waals surface area (Å²) >= 11 is 0. The average Bonchev–Trinajstić information content (AvgIpc) is 3.57. The average molecular weight is 534 g/mol. The van der Waals surface area contributed by atoms with E-state index in [1.807, 2.05) is 0 Å². The van der Waals surface area contributed by atoms with Crippen LogP contribution in [0.3, 0.4) is 0 Å². The van der Waals surface area contributed by atoms with Crippen molar-refractivity contribution in [3.8, 4) is 0 Å². The molecule has 15 heteroatoms. The second-order valence-corrected chi connectivity index (χ2v) is 9.01. The Labute approximate surface area is 218 Å². The molecule has 208 valence electrons. The number of H-pyrrole nitrogens is 2. The number of nitrogens with one attached hydrogen (secondary N) is 5. The molecule has 0 radical (unpaired) electrons. The lowest BCUT2D eigenvalue weighted by Gasteiger charge is -2.26. The van der Waals surface area contributed by atoms with Gasteiger partial charge in [0.25, 0.3) is 0 Å². The second kappa shape index (κ2) is 14.5. The summed E-state index contributed by atoms with van der Waals surface area (Å²) in [7, 11) is 0. The van der Waals surface area contributed by atoms with Crippen LogP contribution < -0.4 is 27.4 Å². The lowest BCUT2D eigenvalue weighted by atomic mass is 9.98. The molecule has 0 saturated heterocycles. The third kappa shape index (κ3) is 9.31. The summed E-state index contributed by atoms with van der Waals surface area (Å²) < 4.78 is 0. The third-order valence-corrected chi connectivity index (χ3v) is 6.03. The van der Waals surface area contributed by atoms with Crippen molar-refractivity contribution >= 4 is 29.6 Å². The van der Waals surface area contributed by atoms with Gasteiger partial charge >= 0.3 is 5.97 Å². The van der Waals surface area contributed by atoms with Crippen LogP contribution in [0.5, 0.6) is 0 Å². The number of nitrogens with zero attached hydrogens (tertiary/aromatic N) is 2. The summed E-state index contributed by atoms with van der Waals surface area (Å²) in [6.45, 7) is 3.48. The summed E-state index contributed by atoms with van der Waals surface area (Å²) in [6, 6.07) is -4.68. The molecule has 0 aliphatic heterocycles. The van der Waals surface area contributed by atoms with Crippen molar-refractivity contribution in [3.63, 3.8) is 0 Å². The molecule has 4 amide bonds. The van der Waals surface area contributed by atoms with E-state index >= 15 is 0 Å². The zero-order chi connectivity index (χ0) is 28.2. The van der Waals surface area contributed by atoms with E-state index in [-0.39, 0.29) is 31.6 Å². The Morgan fingerprint density at radius 3 is 1.97 bits per heavy atom. The van der Waals surface area contributed by atoms with Crippen LogP contribution in [0.2, 0.25) is 0 Å². The van der Waals surface area contributed by atoms with Gasteiger partial charge in [-0.1, -0.05) is 20.3 Å². The number of carbonyl (C=O) groups is 5.